The molecule has 1 heterocycles. The van der Waals surface area contributed by atoms with E-state index in [0.29, 0.717) is 24.6 Å². The highest BCUT2D eigenvalue weighted by Gasteiger charge is 2.27. The molecule has 2 amide bonds. The van der Waals surface area contributed by atoms with Gasteiger partial charge in [-0.3, -0.25) is 4.79 Å². The third-order valence-corrected chi connectivity index (χ3v) is 3.79. The van der Waals surface area contributed by atoms with Crippen LogP contribution in [0.4, 0.5) is 4.79 Å². The molecule has 2 N–H and O–H groups in total. The molecule has 0 radical (unpaired) electrons. The number of hydrogen-bond acceptors (Lipinski definition) is 3. The van der Waals surface area contributed by atoms with E-state index in [4.69, 9.17) is 10.5 Å². The number of amides is 2. The second-order valence-electron chi connectivity index (χ2n) is 6.73. The molecule has 2 rings (SSSR count). The van der Waals surface area contributed by atoms with Crippen LogP contribution in [0.15, 0.2) is 24.3 Å². The molecular formula is C17H24N2O3. The second kappa shape index (κ2) is 6.38. The molecule has 22 heavy (non-hydrogen) atoms. The predicted molar refractivity (Wildman–Crippen MR) is 84.7 cm³/mol. The number of ether oxygens (including phenoxy) is 1. The average Bonchev–Trinajstić information content (AvgIpc) is 2.46. The van der Waals surface area contributed by atoms with Gasteiger partial charge in [0.25, 0.3) is 0 Å². The molecule has 0 aromatic heterocycles. The number of carbonyl (C=O) groups is 2. The lowest BCUT2D eigenvalue weighted by atomic mass is 9.88. The summed E-state index contributed by atoms with van der Waals surface area (Å²) in [6.45, 7) is 6.94. The molecule has 1 aromatic carbocycles. The van der Waals surface area contributed by atoms with Crippen molar-refractivity contribution in [3.05, 3.63) is 35.4 Å². The molecule has 0 saturated carbocycles. The normalized spacial score (nSPS) is 16.4. The van der Waals surface area contributed by atoms with Crippen LogP contribution in [0.5, 0.6) is 0 Å². The third kappa shape index (κ3) is 4.23. The fourth-order valence-corrected chi connectivity index (χ4v) is 2.67. The highest BCUT2D eigenvalue weighted by molar-refractivity contribution is 5.92. The number of primary amides is 1. The summed E-state index contributed by atoms with van der Waals surface area (Å²) in [5, 5.41) is 0. The van der Waals surface area contributed by atoms with E-state index in [0.717, 1.165) is 18.4 Å². The van der Waals surface area contributed by atoms with Crippen molar-refractivity contribution < 1.29 is 14.3 Å². The van der Waals surface area contributed by atoms with Gasteiger partial charge in [-0.25, -0.2) is 4.79 Å². The molecule has 1 fully saturated rings. The van der Waals surface area contributed by atoms with Crippen molar-refractivity contribution in [3.63, 3.8) is 0 Å². The summed E-state index contributed by atoms with van der Waals surface area (Å²) >= 11 is 0. The van der Waals surface area contributed by atoms with Gasteiger partial charge < -0.3 is 15.4 Å². The third-order valence-electron chi connectivity index (χ3n) is 3.79. The van der Waals surface area contributed by atoms with Crippen molar-refractivity contribution in [1.82, 2.24) is 4.90 Å². The fraction of sp³-hybridized carbons (Fsp3) is 0.529. The van der Waals surface area contributed by atoms with Crippen LogP contribution < -0.4 is 5.73 Å². The summed E-state index contributed by atoms with van der Waals surface area (Å²) in [5.41, 5.74) is 6.50. The Morgan fingerprint density at radius 2 is 1.86 bits per heavy atom. The Kier molecular flexibility index (Phi) is 4.74. The average molecular weight is 304 g/mol. The first kappa shape index (κ1) is 16.3. The number of nitrogens with zero attached hydrogens (tertiary/aromatic N) is 1. The van der Waals surface area contributed by atoms with Gasteiger partial charge in [-0.15, -0.1) is 0 Å². The molecule has 0 aliphatic carbocycles. The molecule has 0 unspecified atom stereocenters. The van der Waals surface area contributed by atoms with Crippen molar-refractivity contribution in [2.75, 3.05) is 13.1 Å². The van der Waals surface area contributed by atoms with Gasteiger partial charge in [0.2, 0.25) is 5.91 Å². The van der Waals surface area contributed by atoms with E-state index in [-0.39, 0.29) is 6.09 Å². The first-order valence-electron chi connectivity index (χ1n) is 7.64. The van der Waals surface area contributed by atoms with Crippen LogP contribution in [0.25, 0.3) is 0 Å². The Morgan fingerprint density at radius 3 is 2.41 bits per heavy atom. The molecule has 120 valence electrons. The maximum atomic E-state index is 12.0. The first-order valence-corrected chi connectivity index (χ1v) is 7.64. The Balaban J connectivity index is 1.96. The molecular weight excluding hydrogens is 280 g/mol. The van der Waals surface area contributed by atoms with Gasteiger partial charge in [0.05, 0.1) is 0 Å². The van der Waals surface area contributed by atoms with Crippen LogP contribution in [0.1, 0.15) is 55.5 Å². The van der Waals surface area contributed by atoms with Crippen LogP contribution in [0.2, 0.25) is 0 Å². The monoisotopic (exact) mass is 304 g/mol. The summed E-state index contributed by atoms with van der Waals surface area (Å²) in [6, 6.07) is 7.45. The SMILES string of the molecule is CC(C)(C)OC(=O)N1CCC(c2cccc(C(N)=O)c2)CC1. The Labute approximate surface area is 131 Å². The summed E-state index contributed by atoms with van der Waals surface area (Å²) in [7, 11) is 0. The highest BCUT2D eigenvalue weighted by Crippen LogP contribution is 2.29. The standard InChI is InChI=1S/C17H24N2O3/c1-17(2,3)22-16(21)19-9-7-12(8-10-19)13-5-4-6-14(11-13)15(18)20/h4-6,11-12H,7-10H2,1-3H3,(H2,18,20). The van der Waals surface area contributed by atoms with Crippen LogP contribution in [-0.4, -0.2) is 35.6 Å². The second-order valence-corrected chi connectivity index (χ2v) is 6.73. The number of piperidine rings is 1. The van der Waals surface area contributed by atoms with Crippen molar-refractivity contribution in [1.29, 1.82) is 0 Å². The van der Waals surface area contributed by atoms with E-state index in [2.05, 4.69) is 0 Å². The van der Waals surface area contributed by atoms with Crippen LogP contribution in [-0.2, 0) is 4.74 Å². The zero-order valence-corrected chi connectivity index (χ0v) is 13.5. The van der Waals surface area contributed by atoms with Crippen LogP contribution >= 0.6 is 0 Å². The maximum absolute atomic E-state index is 12.0. The molecule has 0 bridgehead atoms. The molecule has 0 spiro atoms. The lowest BCUT2D eigenvalue weighted by molar-refractivity contribution is 0.0205. The van der Waals surface area contributed by atoms with Gasteiger partial charge in [0, 0.05) is 18.7 Å². The van der Waals surface area contributed by atoms with E-state index < -0.39 is 11.5 Å². The smallest absolute Gasteiger partial charge is 0.410 e. The Hall–Kier alpha value is -2.04. The molecule has 1 aliphatic rings. The molecule has 1 aliphatic heterocycles. The van der Waals surface area contributed by atoms with Gasteiger partial charge in [-0.1, -0.05) is 12.1 Å². The summed E-state index contributed by atoms with van der Waals surface area (Å²) < 4.78 is 5.39. The van der Waals surface area contributed by atoms with E-state index >= 15 is 0 Å². The Morgan fingerprint density at radius 1 is 1.23 bits per heavy atom. The van der Waals surface area contributed by atoms with E-state index in [1.54, 1.807) is 11.0 Å². The van der Waals surface area contributed by atoms with Crippen molar-refractivity contribution in [2.45, 2.75) is 45.1 Å². The minimum atomic E-state index is -0.469. The summed E-state index contributed by atoms with van der Waals surface area (Å²) in [6.07, 6.45) is 1.47. The lowest BCUT2D eigenvalue weighted by Crippen LogP contribution is -2.41. The van der Waals surface area contributed by atoms with E-state index in [9.17, 15) is 9.59 Å². The molecule has 0 atom stereocenters. The van der Waals surface area contributed by atoms with Crippen LogP contribution in [0.3, 0.4) is 0 Å². The minimum Gasteiger partial charge on any atom is -0.444 e. The first-order chi connectivity index (χ1) is 10.3. The van der Waals surface area contributed by atoms with E-state index in [1.165, 1.54) is 0 Å². The van der Waals surface area contributed by atoms with Gasteiger partial charge in [0.15, 0.2) is 0 Å². The summed E-state index contributed by atoms with van der Waals surface area (Å²) in [4.78, 5) is 25.1. The van der Waals surface area contributed by atoms with E-state index in [1.807, 2.05) is 39.0 Å². The molecule has 5 nitrogen and oxygen atoms in total. The topological polar surface area (TPSA) is 72.6 Å². The maximum Gasteiger partial charge on any atom is 0.410 e. The fourth-order valence-electron chi connectivity index (χ4n) is 2.67. The number of rotatable bonds is 2. The number of carbonyl (C=O) groups excluding carboxylic acids is 2. The molecule has 1 aromatic rings. The Bertz CT molecular complexity index is 555. The summed E-state index contributed by atoms with van der Waals surface area (Å²) in [5.74, 6) is -0.0639. The van der Waals surface area contributed by atoms with Gasteiger partial charge in [0.1, 0.15) is 5.60 Å². The van der Waals surface area contributed by atoms with Crippen molar-refractivity contribution in [2.24, 2.45) is 5.73 Å². The molecule has 5 heteroatoms. The van der Waals surface area contributed by atoms with Crippen LogP contribution in [0, 0.1) is 0 Å². The zero-order valence-electron chi connectivity index (χ0n) is 13.5. The molecule has 1 saturated heterocycles. The van der Waals surface area contributed by atoms with Gasteiger partial charge in [-0.2, -0.15) is 0 Å². The minimum absolute atomic E-state index is 0.253. The number of likely N-dealkylation sites (tertiary alicyclic amines) is 1. The van der Waals surface area contributed by atoms with Crippen molar-refractivity contribution >= 4 is 12.0 Å². The largest absolute Gasteiger partial charge is 0.444 e. The zero-order chi connectivity index (χ0) is 16.3. The quantitative estimate of drug-likeness (QED) is 0.913. The van der Waals surface area contributed by atoms with Crippen molar-refractivity contribution in [3.8, 4) is 0 Å². The number of benzene rings is 1. The number of nitrogens with two attached hydrogens (primary N) is 1. The lowest BCUT2D eigenvalue weighted by Gasteiger charge is -2.33. The highest BCUT2D eigenvalue weighted by atomic mass is 16.6. The van der Waals surface area contributed by atoms with Gasteiger partial charge in [-0.05, 0) is 57.2 Å². The van der Waals surface area contributed by atoms with Gasteiger partial charge >= 0.3 is 6.09 Å². The number of hydrogen-bond donors (Lipinski definition) is 1. The predicted octanol–water partition coefficient (Wildman–Crippen LogP) is 2.90.